The largest absolute Gasteiger partial charge is 0.357 e. The minimum atomic E-state index is 0. The molecule has 0 radical (unpaired) electrons. The summed E-state index contributed by atoms with van der Waals surface area (Å²) in [5.41, 5.74) is 0. The zero-order valence-electron chi connectivity index (χ0n) is 16.7. The molecule has 0 spiro atoms. The molecule has 3 unspecified atom stereocenters. The lowest BCUT2D eigenvalue weighted by Gasteiger charge is -2.42. The number of nitrogens with one attached hydrogen (secondary N) is 1. The second-order valence-electron chi connectivity index (χ2n) is 8.12. The summed E-state index contributed by atoms with van der Waals surface area (Å²) in [6.07, 6.45) is 8.85. The number of aryl methyl sites for hydroxylation is 1. The van der Waals surface area contributed by atoms with Crippen LogP contribution in [0, 0.1) is 18.8 Å². The standard InChI is InChI=1S/C20H33N5S.HI/c1-3-21-20(22-7-6-19-23-14-15(2)26-19)25-10-8-24(9-11-25)18-13-16-4-5-17(18)12-16;/h14,16-18H,3-13H2,1-2H3,(H,21,22);1H. The molecule has 7 heteroatoms. The van der Waals surface area contributed by atoms with Crippen molar-refractivity contribution in [3.63, 3.8) is 0 Å². The van der Waals surface area contributed by atoms with Crippen molar-refractivity contribution in [2.24, 2.45) is 16.8 Å². The number of halogens is 1. The summed E-state index contributed by atoms with van der Waals surface area (Å²) in [6.45, 7) is 10.6. The van der Waals surface area contributed by atoms with Gasteiger partial charge in [-0.3, -0.25) is 9.89 Å². The molecule has 1 N–H and O–H groups in total. The van der Waals surface area contributed by atoms with Crippen molar-refractivity contribution >= 4 is 41.3 Å². The third-order valence-corrected chi connectivity index (χ3v) is 7.35. The molecule has 152 valence electrons. The first-order chi connectivity index (χ1) is 12.7. The summed E-state index contributed by atoms with van der Waals surface area (Å²) >= 11 is 1.79. The third-order valence-electron chi connectivity index (χ3n) is 6.37. The zero-order chi connectivity index (χ0) is 17.9. The van der Waals surface area contributed by atoms with E-state index in [2.05, 4.69) is 33.9 Å². The van der Waals surface area contributed by atoms with Gasteiger partial charge in [-0.2, -0.15) is 0 Å². The van der Waals surface area contributed by atoms with Gasteiger partial charge in [0.05, 0.1) is 5.01 Å². The fourth-order valence-electron chi connectivity index (χ4n) is 5.12. The minimum Gasteiger partial charge on any atom is -0.357 e. The summed E-state index contributed by atoms with van der Waals surface area (Å²) in [6, 6.07) is 0.878. The van der Waals surface area contributed by atoms with Crippen LogP contribution in [0.2, 0.25) is 0 Å². The number of aliphatic imine (C=N–C) groups is 1. The molecule has 1 aliphatic heterocycles. The highest BCUT2D eigenvalue weighted by molar-refractivity contribution is 14.0. The van der Waals surface area contributed by atoms with Crippen molar-refractivity contribution in [3.8, 4) is 0 Å². The van der Waals surface area contributed by atoms with Crippen molar-refractivity contribution in [1.82, 2.24) is 20.1 Å². The van der Waals surface area contributed by atoms with Crippen LogP contribution in [0.5, 0.6) is 0 Å². The van der Waals surface area contributed by atoms with E-state index in [1.54, 1.807) is 11.3 Å². The highest BCUT2D eigenvalue weighted by Gasteiger charge is 2.42. The van der Waals surface area contributed by atoms with Crippen LogP contribution in [0.3, 0.4) is 0 Å². The van der Waals surface area contributed by atoms with Gasteiger partial charge in [0, 0.05) is 62.8 Å². The summed E-state index contributed by atoms with van der Waals surface area (Å²) in [7, 11) is 0. The van der Waals surface area contributed by atoms with Crippen LogP contribution in [0.4, 0.5) is 0 Å². The molecule has 3 atom stereocenters. The monoisotopic (exact) mass is 503 g/mol. The lowest BCUT2D eigenvalue weighted by atomic mass is 9.93. The molecule has 3 aliphatic rings. The number of piperazine rings is 1. The first kappa shape index (κ1) is 21.3. The Morgan fingerprint density at radius 2 is 2.07 bits per heavy atom. The van der Waals surface area contributed by atoms with Gasteiger partial charge in [0.25, 0.3) is 0 Å². The van der Waals surface area contributed by atoms with Crippen molar-refractivity contribution in [3.05, 3.63) is 16.1 Å². The number of fused-ring (bicyclic) bond motifs is 2. The Labute approximate surface area is 185 Å². The van der Waals surface area contributed by atoms with Crippen LogP contribution in [0.25, 0.3) is 0 Å². The molecule has 0 aromatic carbocycles. The van der Waals surface area contributed by atoms with Gasteiger partial charge in [-0.15, -0.1) is 35.3 Å². The highest BCUT2D eigenvalue weighted by Crippen LogP contribution is 2.46. The van der Waals surface area contributed by atoms with E-state index >= 15 is 0 Å². The number of hydrogen-bond donors (Lipinski definition) is 1. The van der Waals surface area contributed by atoms with Crippen LogP contribution >= 0.6 is 35.3 Å². The van der Waals surface area contributed by atoms with Gasteiger partial charge < -0.3 is 10.2 Å². The van der Waals surface area contributed by atoms with E-state index in [9.17, 15) is 0 Å². The van der Waals surface area contributed by atoms with Crippen molar-refractivity contribution in [1.29, 1.82) is 0 Å². The predicted molar refractivity (Wildman–Crippen MR) is 124 cm³/mol. The van der Waals surface area contributed by atoms with Crippen molar-refractivity contribution in [2.75, 3.05) is 39.3 Å². The van der Waals surface area contributed by atoms with Crippen molar-refractivity contribution < 1.29 is 0 Å². The van der Waals surface area contributed by atoms with Crippen molar-refractivity contribution in [2.45, 2.75) is 52.0 Å². The van der Waals surface area contributed by atoms with Gasteiger partial charge in [0.2, 0.25) is 0 Å². The van der Waals surface area contributed by atoms with Crippen LogP contribution in [0.15, 0.2) is 11.2 Å². The molecule has 1 aromatic rings. The maximum atomic E-state index is 4.88. The fourth-order valence-corrected chi connectivity index (χ4v) is 5.90. The lowest BCUT2D eigenvalue weighted by molar-refractivity contribution is 0.0958. The molecular formula is C20H34IN5S. The van der Waals surface area contributed by atoms with Crippen LogP contribution in [0.1, 0.15) is 42.5 Å². The summed E-state index contributed by atoms with van der Waals surface area (Å²) in [4.78, 5) is 15.9. The Bertz CT molecular complexity index is 626. The maximum Gasteiger partial charge on any atom is 0.194 e. The molecule has 4 rings (SSSR count). The number of guanidine groups is 1. The number of nitrogens with zero attached hydrogens (tertiary/aromatic N) is 4. The van der Waals surface area contributed by atoms with Gasteiger partial charge in [0.15, 0.2) is 5.96 Å². The first-order valence-corrected chi connectivity index (χ1v) is 11.2. The molecule has 3 fully saturated rings. The van der Waals surface area contributed by atoms with Gasteiger partial charge in [-0.05, 0) is 44.9 Å². The average molecular weight is 503 g/mol. The smallest absolute Gasteiger partial charge is 0.194 e. The molecule has 27 heavy (non-hydrogen) atoms. The van der Waals surface area contributed by atoms with Gasteiger partial charge >= 0.3 is 0 Å². The Morgan fingerprint density at radius 1 is 1.26 bits per heavy atom. The molecule has 2 bridgehead atoms. The molecular weight excluding hydrogens is 469 g/mol. The van der Waals surface area contributed by atoms with E-state index in [4.69, 9.17) is 4.99 Å². The van der Waals surface area contributed by atoms with E-state index in [-0.39, 0.29) is 24.0 Å². The Kier molecular flexibility index (Phi) is 7.79. The lowest BCUT2D eigenvalue weighted by Crippen LogP contribution is -2.55. The molecule has 2 heterocycles. The number of thiazole rings is 1. The van der Waals surface area contributed by atoms with Gasteiger partial charge in [-0.25, -0.2) is 4.98 Å². The topological polar surface area (TPSA) is 43.8 Å². The van der Waals surface area contributed by atoms with E-state index in [0.717, 1.165) is 56.4 Å². The van der Waals surface area contributed by atoms with Gasteiger partial charge in [0.1, 0.15) is 0 Å². The molecule has 2 aliphatic carbocycles. The second-order valence-corrected chi connectivity index (χ2v) is 9.43. The molecule has 1 aromatic heterocycles. The molecule has 0 amide bonds. The maximum absolute atomic E-state index is 4.88. The molecule has 2 saturated carbocycles. The van der Waals surface area contributed by atoms with Crippen LogP contribution in [-0.4, -0.2) is 66.1 Å². The van der Waals surface area contributed by atoms with Gasteiger partial charge in [-0.1, -0.05) is 6.42 Å². The zero-order valence-corrected chi connectivity index (χ0v) is 19.8. The van der Waals surface area contributed by atoms with E-state index in [1.165, 1.54) is 48.7 Å². The summed E-state index contributed by atoms with van der Waals surface area (Å²) in [5, 5.41) is 4.69. The molecule has 1 saturated heterocycles. The SMILES string of the molecule is CCNC(=NCCc1ncc(C)s1)N1CCN(C2CC3CCC2C3)CC1.I. The number of aromatic nitrogens is 1. The summed E-state index contributed by atoms with van der Waals surface area (Å²) in [5.74, 6) is 3.12. The Morgan fingerprint density at radius 3 is 2.67 bits per heavy atom. The quantitative estimate of drug-likeness (QED) is 0.380. The second kappa shape index (κ2) is 9.87. The van der Waals surface area contributed by atoms with Crippen LogP contribution < -0.4 is 5.32 Å². The fraction of sp³-hybridized carbons (Fsp3) is 0.800. The van der Waals surface area contributed by atoms with Crippen LogP contribution in [-0.2, 0) is 6.42 Å². The average Bonchev–Trinajstić information content (AvgIpc) is 3.38. The normalized spacial score (nSPS) is 28.4. The van der Waals surface area contributed by atoms with E-state index < -0.39 is 0 Å². The first-order valence-electron chi connectivity index (χ1n) is 10.4. The highest BCUT2D eigenvalue weighted by atomic mass is 127. The van der Waals surface area contributed by atoms with E-state index in [0.29, 0.717) is 0 Å². The number of rotatable bonds is 5. The predicted octanol–water partition coefficient (Wildman–Crippen LogP) is 3.38. The van der Waals surface area contributed by atoms with E-state index in [1.807, 2.05) is 6.20 Å². The summed E-state index contributed by atoms with van der Waals surface area (Å²) < 4.78 is 0. The Balaban J connectivity index is 0.00000210. The number of hydrogen-bond acceptors (Lipinski definition) is 4. The molecule has 5 nitrogen and oxygen atoms in total. The Hall–Kier alpha value is -0.410. The minimum absolute atomic E-state index is 0. The third kappa shape index (κ3) is 5.15.